The molecule has 3 aromatic heterocycles. The van der Waals surface area contributed by atoms with Crippen molar-refractivity contribution in [1.29, 1.82) is 0 Å². The lowest BCUT2D eigenvalue weighted by Crippen LogP contribution is -2.23. The van der Waals surface area contributed by atoms with E-state index < -0.39 is 0 Å². The van der Waals surface area contributed by atoms with E-state index in [-0.39, 0.29) is 0 Å². The molecule has 0 aromatic carbocycles. The van der Waals surface area contributed by atoms with Crippen molar-refractivity contribution < 1.29 is 0 Å². The van der Waals surface area contributed by atoms with Crippen molar-refractivity contribution in [3.63, 3.8) is 0 Å². The molecule has 1 fully saturated rings. The zero-order valence-corrected chi connectivity index (χ0v) is 18.7. The summed E-state index contributed by atoms with van der Waals surface area (Å²) in [6.45, 7) is 16.4. The van der Waals surface area contributed by atoms with Crippen LogP contribution in [-0.2, 0) is 0 Å². The molecule has 3 aromatic rings. The van der Waals surface area contributed by atoms with E-state index in [1.54, 1.807) is 6.20 Å². The smallest absolute Gasteiger partial charge is 0.137 e. The lowest BCUT2D eigenvalue weighted by Gasteiger charge is -2.11. The van der Waals surface area contributed by atoms with Crippen LogP contribution in [0.3, 0.4) is 0 Å². The van der Waals surface area contributed by atoms with E-state index >= 15 is 0 Å². The van der Waals surface area contributed by atoms with E-state index in [1.165, 1.54) is 12.8 Å². The SMILES string of the molecule is C=C/C(=C\C(=C/C)C(=C)/C=c1/c(-c2cc3cccnc3[nH]2)n[nH]/c1=C/C)NC(=C)C1CC1. The molecule has 0 unspecified atom stereocenters. The highest BCUT2D eigenvalue weighted by molar-refractivity contribution is 5.82. The maximum absolute atomic E-state index is 4.57. The van der Waals surface area contributed by atoms with E-state index in [0.29, 0.717) is 5.92 Å². The second kappa shape index (κ2) is 9.10. The average molecular weight is 424 g/mol. The van der Waals surface area contributed by atoms with Gasteiger partial charge in [-0.3, -0.25) is 5.10 Å². The third kappa shape index (κ3) is 4.42. The van der Waals surface area contributed by atoms with Crippen LogP contribution >= 0.6 is 0 Å². The number of pyridine rings is 1. The van der Waals surface area contributed by atoms with Crippen LogP contribution in [0.4, 0.5) is 0 Å². The second-order valence-corrected chi connectivity index (χ2v) is 7.95. The summed E-state index contributed by atoms with van der Waals surface area (Å²) in [6, 6.07) is 6.03. The monoisotopic (exact) mass is 423 g/mol. The van der Waals surface area contributed by atoms with Crippen molar-refractivity contribution in [1.82, 2.24) is 25.5 Å². The summed E-state index contributed by atoms with van der Waals surface area (Å²) in [5.41, 5.74) is 6.44. The van der Waals surface area contributed by atoms with Gasteiger partial charge in [-0.15, -0.1) is 0 Å². The van der Waals surface area contributed by atoms with Crippen molar-refractivity contribution >= 4 is 23.2 Å². The number of aromatic amines is 2. The van der Waals surface area contributed by atoms with Crippen LogP contribution in [0.25, 0.3) is 34.6 Å². The molecule has 5 heteroatoms. The lowest BCUT2D eigenvalue weighted by atomic mass is 10.0. The van der Waals surface area contributed by atoms with Crippen molar-refractivity contribution in [3.05, 3.63) is 95.5 Å². The highest BCUT2D eigenvalue weighted by atomic mass is 15.1. The summed E-state index contributed by atoms with van der Waals surface area (Å²) < 4.78 is 0. The summed E-state index contributed by atoms with van der Waals surface area (Å²) >= 11 is 0. The number of nitrogens with one attached hydrogen (secondary N) is 3. The van der Waals surface area contributed by atoms with Gasteiger partial charge >= 0.3 is 0 Å². The predicted molar refractivity (Wildman–Crippen MR) is 134 cm³/mol. The first-order valence-electron chi connectivity index (χ1n) is 10.9. The van der Waals surface area contributed by atoms with E-state index in [0.717, 1.165) is 55.5 Å². The number of H-pyrrole nitrogens is 2. The molecule has 1 aliphatic rings. The summed E-state index contributed by atoms with van der Waals surface area (Å²) in [5.74, 6) is 0.573. The van der Waals surface area contributed by atoms with Crippen LogP contribution in [-0.4, -0.2) is 20.2 Å². The van der Waals surface area contributed by atoms with Gasteiger partial charge in [0.15, 0.2) is 0 Å². The van der Waals surface area contributed by atoms with E-state index in [9.17, 15) is 0 Å². The Morgan fingerprint density at radius 1 is 1.25 bits per heavy atom. The fourth-order valence-corrected chi connectivity index (χ4v) is 3.67. The number of nitrogens with zero attached hydrogens (tertiary/aromatic N) is 2. The standard InChI is InChI=1S/C27H29N5/c1-6-19(15-22(7-2)29-18(5)20-11-12-20)17(4)14-23-24(8-3)31-32-26(23)25-16-21-10-9-13-28-27(21)30-25/h6-10,13-16,20,29,31H,2,4-5,11-12H2,1,3H3,(H,28,30)/b19-6+,22-15+,23-14+,24-8+. The zero-order chi connectivity index (χ0) is 22.7. The minimum atomic E-state index is 0.573. The van der Waals surface area contributed by atoms with Crippen LogP contribution in [0.1, 0.15) is 26.7 Å². The molecule has 1 saturated carbocycles. The Morgan fingerprint density at radius 2 is 2.06 bits per heavy atom. The maximum Gasteiger partial charge on any atom is 0.137 e. The number of allylic oxidation sites excluding steroid dienone is 6. The van der Waals surface area contributed by atoms with Crippen LogP contribution < -0.4 is 15.9 Å². The number of aromatic nitrogens is 4. The van der Waals surface area contributed by atoms with Crippen LogP contribution in [0.15, 0.2) is 84.9 Å². The number of hydrogen-bond acceptors (Lipinski definition) is 3. The van der Waals surface area contributed by atoms with Gasteiger partial charge in [0, 0.05) is 28.2 Å². The molecule has 0 radical (unpaired) electrons. The molecule has 1 aliphatic carbocycles. The van der Waals surface area contributed by atoms with Gasteiger partial charge in [-0.1, -0.05) is 31.9 Å². The van der Waals surface area contributed by atoms with Gasteiger partial charge in [-0.25, -0.2) is 4.98 Å². The predicted octanol–water partition coefficient (Wildman–Crippen LogP) is 4.62. The molecule has 3 heterocycles. The second-order valence-electron chi connectivity index (χ2n) is 7.95. The van der Waals surface area contributed by atoms with Gasteiger partial charge in [0.1, 0.15) is 11.3 Å². The first kappa shape index (κ1) is 21.4. The van der Waals surface area contributed by atoms with Crippen molar-refractivity contribution in [3.8, 4) is 11.4 Å². The fourth-order valence-electron chi connectivity index (χ4n) is 3.67. The molecule has 0 saturated heterocycles. The van der Waals surface area contributed by atoms with Crippen LogP contribution in [0.2, 0.25) is 0 Å². The Balaban J connectivity index is 1.71. The summed E-state index contributed by atoms with van der Waals surface area (Å²) in [7, 11) is 0. The molecule has 162 valence electrons. The molecular formula is C27H29N5. The topological polar surface area (TPSA) is 69.4 Å². The highest BCUT2D eigenvalue weighted by Crippen LogP contribution is 2.34. The fraction of sp³-hybridized carbons (Fsp3) is 0.185. The minimum Gasteiger partial charge on any atom is -0.359 e. The number of rotatable bonds is 8. The first-order chi connectivity index (χ1) is 15.5. The summed E-state index contributed by atoms with van der Waals surface area (Å²) in [4.78, 5) is 7.77. The van der Waals surface area contributed by atoms with Gasteiger partial charge in [0.2, 0.25) is 0 Å². The molecule has 32 heavy (non-hydrogen) atoms. The number of hydrogen-bond donors (Lipinski definition) is 3. The largest absolute Gasteiger partial charge is 0.359 e. The third-order valence-electron chi connectivity index (χ3n) is 5.68. The van der Waals surface area contributed by atoms with Gasteiger partial charge in [0.05, 0.1) is 11.0 Å². The quantitative estimate of drug-likeness (QED) is 0.463. The third-order valence-corrected chi connectivity index (χ3v) is 5.68. The van der Waals surface area contributed by atoms with Crippen molar-refractivity contribution in [2.24, 2.45) is 5.92 Å². The molecule has 5 nitrogen and oxygen atoms in total. The highest BCUT2D eigenvalue weighted by Gasteiger charge is 2.24. The van der Waals surface area contributed by atoms with E-state index in [4.69, 9.17) is 0 Å². The van der Waals surface area contributed by atoms with Gasteiger partial charge < -0.3 is 10.3 Å². The molecule has 0 spiro atoms. The van der Waals surface area contributed by atoms with Crippen LogP contribution in [0, 0.1) is 5.92 Å². The van der Waals surface area contributed by atoms with Gasteiger partial charge in [-0.2, -0.15) is 5.10 Å². The summed E-state index contributed by atoms with van der Waals surface area (Å²) in [5, 5.41) is 14.1. The Kier molecular flexibility index (Phi) is 6.08. The minimum absolute atomic E-state index is 0.573. The van der Waals surface area contributed by atoms with E-state index in [2.05, 4.69) is 63.4 Å². The Bertz CT molecular complexity index is 1340. The normalized spacial score (nSPS) is 15.9. The Morgan fingerprint density at radius 3 is 2.72 bits per heavy atom. The molecular weight excluding hydrogens is 394 g/mol. The van der Waals surface area contributed by atoms with E-state index in [1.807, 2.05) is 44.2 Å². The zero-order valence-electron chi connectivity index (χ0n) is 18.7. The molecule has 0 aliphatic heterocycles. The molecule has 0 atom stereocenters. The molecule has 3 N–H and O–H groups in total. The van der Waals surface area contributed by atoms with Gasteiger partial charge in [-0.05, 0) is 80.2 Å². The first-order valence-corrected chi connectivity index (χ1v) is 10.9. The molecule has 0 amide bonds. The molecule has 4 rings (SSSR count). The Hall–Kier alpha value is -3.86. The Labute approximate surface area is 188 Å². The molecule has 0 bridgehead atoms. The maximum atomic E-state index is 4.57. The summed E-state index contributed by atoms with van der Waals surface area (Å²) in [6.07, 6.45) is 14.2. The van der Waals surface area contributed by atoms with Crippen LogP contribution in [0.5, 0.6) is 0 Å². The van der Waals surface area contributed by atoms with Crippen molar-refractivity contribution in [2.75, 3.05) is 0 Å². The van der Waals surface area contributed by atoms with Gasteiger partial charge in [0.25, 0.3) is 0 Å². The van der Waals surface area contributed by atoms with Crippen molar-refractivity contribution in [2.45, 2.75) is 26.7 Å². The number of fused-ring (bicyclic) bond motifs is 1. The lowest BCUT2D eigenvalue weighted by molar-refractivity contribution is 0.864. The average Bonchev–Trinajstić information content (AvgIpc) is 3.45.